The predicted octanol–water partition coefficient (Wildman–Crippen LogP) is 4.95. The molecule has 0 saturated heterocycles. The van der Waals surface area contributed by atoms with E-state index in [1.165, 1.54) is 6.07 Å². The van der Waals surface area contributed by atoms with Crippen LogP contribution in [0.3, 0.4) is 0 Å². The topological polar surface area (TPSA) is 68.0 Å². The Labute approximate surface area is 146 Å². The Kier molecular flexibility index (Phi) is 4.52. The van der Waals surface area contributed by atoms with Gasteiger partial charge in [-0.1, -0.05) is 46.0 Å². The van der Waals surface area contributed by atoms with Gasteiger partial charge in [0.15, 0.2) is 0 Å². The van der Waals surface area contributed by atoms with Crippen molar-refractivity contribution in [3.8, 4) is 11.5 Å². The molecule has 0 spiro atoms. The van der Waals surface area contributed by atoms with Gasteiger partial charge in [-0.25, -0.2) is 0 Å². The second-order valence-corrected chi connectivity index (χ2v) is 5.84. The van der Waals surface area contributed by atoms with Gasteiger partial charge in [-0.05, 0) is 36.4 Å². The van der Waals surface area contributed by atoms with Crippen LogP contribution < -0.4 is 5.32 Å². The van der Waals surface area contributed by atoms with Gasteiger partial charge < -0.3 is 4.42 Å². The molecule has 1 aromatic heterocycles. The van der Waals surface area contributed by atoms with Crippen molar-refractivity contribution in [2.75, 3.05) is 5.32 Å². The minimum absolute atomic E-state index is 0.0407. The summed E-state index contributed by atoms with van der Waals surface area (Å²) in [6.07, 6.45) is 0. The van der Waals surface area contributed by atoms with Crippen LogP contribution in [0, 0.1) is 0 Å². The number of carbonyl (C=O) groups excluding carboxylic acids is 1. The molecule has 0 aliphatic heterocycles. The van der Waals surface area contributed by atoms with Crippen LogP contribution in [0.2, 0.25) is 15.1 Å². The quantitative estimate of drug-likeness (QED) is 0.710. The maximum absolute atomic E-state index is 12.1. The van der Waals surface area contributed by atoms with E-state index in [4.69, 9.17) is 39.2 Å². The highest BCUT2D eigenvalue weighted by Crippen LogP contribution is 2.27. The third-order valence-electron chi connectivity index (χ3n) is 2.84. The van der Waals surface area contributed by atoms with Crippen LogP contribution in [-0.2, 0) is 0 Å². The number of hydrogen-bond acceptors (Lipinski definition) is 4. The van der Waals surface area contributed by atoms with E-state index < -0.39 is 5.91 Å². The van der Waals surface area contributed by atoms with Gasteiger partial charge in [0, 0.05) is 26.2 Å². The van der Waals surface area contributed by atoms with E-state index in [2.05, 4.69) is 15.5 Å². The largest absolute Gasteiger partial charge is 0.403 e. The molecule has 0 bridgehead atoms. The molecule has 3 rings (SSSR count). The van der Waals surface area contributed by atoms with Crippen molar-refractivity contribution in [1.29, 1.82) is 0 Å². The first kappa shape index (κ1) is 15.8. The number of amides is 1. The van der Waals surface area contributed by atoms with Gasteiger partial charge in [-0.15, -0.1) is 5.10 Å². The molecular weight excluding hydrogens is 361 g/mol. The first-order chi connectivity index (χ1) is 11.0. The summed E-state index contributed by atoms with van der Waals surface area (Å²) in [6, 6.07) is 11.3. The molecular formula is C15H8Cl3N3O2. The highest BCUT2D eigenvalue weighted by atomic mass is 35.5. The summed E-state index contributed by atoms with van der Waals surface area (Å²) in [5.41, 5.74) is 0.932. The molecule has 1 amide bonds. The Bertz CT molecular complexity index is 860. The van der Waals surface area contributed by atoms with Crippen LogP contribution in [-0.4, -0.2) is 16.1 Å². The first-order valence-corrected chi connectivity index (χ1v) is 7.51. The molecule has 116 valence electrons. The maximum atomic E-state index is 12.1. The summed E-state index contributed by atoms with van der Waals surface area (Å²) in [5, 5.41) is 11.5. The molecule has 0 fully saturated rings. The van der Waals surface area contributed by atoms with Crippen molar-refractivity contribution >= 4 is 46.7 Å². The molecule has 0 saturated carbocycles. The van der Waals surface area contributed by atoms with Crippen molar-refractivity contribution in [2.24, 2.45) is 0 Å². The summed E-state index contributed by atoms with van der Waals surface area (Å²) in [4.78, 5) is 12.1. The van der Waals surface area contributed by atoms with E-state index in [-0.39, 0.29) is 11.9 Å². The van der Waals surface area contributed by atoms with Crippen molar-refractivity contribution in [1.82, 2.24) is 10.2 Å². The number of halogens is 3. The molecule has 0 atom stereocenters. The average molecular weight is 369 g/mol. The third-order valence-corrected chi connectivity index (χ3v) is 3.51. The lowest BCUT2D eigenvalue weighted by atomic mass is 10.2. The molecule has 8 heteroatoms. The van der Waals surface area contributed by atoms with Gasteiger partial charge in [0.25, 0.3) is 5.91 Å². The molecule has 2 aromatic carbocycles. The fourth-order valence-electron chi connectivity index (χ4n) is 1.87. The number of hydrogen-bond donors (Lipinski definition) is 1. The molecule has 0 unspecified atom stereocenters. The fraction of sp³-hybridized carbons (Fsp3) is 0. The summed E-state index contributed by atoms with van der Waals surface area (Å²) in [7, 11) is 0. The van der Waals surface area contributed by atoms with Crippen molar-refractivity contribution in [3.05, 3.63) is 63.1 Å². The number of anilines is 1. The van der Waals surface area contributed by atoms with Crippen molar-refractivity contribution < 1.29 is 9.21 Å². The predicted molar refractivity (Wildman–Crippen MR) is 89.2 cm³/mol. The number of nitrogens with zero attached hydrogens (tertiary/aromatic N) is 2. The van der Waals surface area contributed by atoms with Gasteiger partial charge in [0.2, 0.25) is 5.89 Å². The van der Waals surface area contributed by atoms with Crippen molar-refractivity contribution in [3.63, 3.8) is 0 Å². The second kappa shape index (κ2) is 6.58. The highest BCUT2D eigenvalue weighted by Gasteiger charge is 2.13. The molecule has 3 aromatic rings. The Hall–Kier alpha value is -2.08. The number of benzene rings is 2. The molecule has 1 heterocycles. The van der Waals surface area contributed by atoms with Crippen LogP contribution in [0.25, 0.3) is 11.5 Å². The Balaban J connectivity index is 1.81. The lowest BCUT2D eigenvalue weighted by molar-refractivity contribution is 0.102. The summed E-state index contributed by atoms with van der Waals surface area (Å²) < 4.78 is 5.40. The Morgan fingerprint density at radius 2 is 1.70 bits per heavy atom. The number of rotatable bonds is 3. The summed E-state index contributed by atoms with van der Waals surface area (Å²) in [5.74, 6) is -0.220. The van der Waals surface area contributed by atoms with E-state index in [1.807, 2.05) is 0 Å². The van der Waals surface area contributed by atoms with Crippen LogP contribution >= 0.6 is 34.8 Å². The van der Waals surface area contributed by atoms with Gasteiger partial charge in [0.1, 0.15) is 0 Å². The van der Waals surface area contributed by atoms with Gasteiger partial charge in [-0.3, -0.25) is 10.1 Å². The van der Waals surface area contributed by atoms with E-state index in [1.54, 1.807) is 36.4 Å². The summed E-state index contributed by atoms with van der Waals surface area (Å²) in [6.45, 7) is 0. The Morgan fingerprint density at radius 1 is 0.957 bits per heavy atom. The zero-order valence-electron chi connectivity index (χ0n) is 11.4. The van der Waals surface area contributed by atoms with E-state index in [0.717, 1.165) is 0 Å². The Morgan fingerprint density at radius 3 is 2.39 bits per heavy atom. The van der Waals surface area contributed by atoms with Crippen LogP contribution in [0.15, 0.2) is 46.9 Å². The second-order valence-electron chi connectivity index (χ2n) is 4.53. The molecule has 1 N–H and O–H groups in total. The van der Waals surface area contributed by atoms with Crippen LogP contribution in [0.5, 0.6) is 0 Å². The summed E-state index contributed by atoms with van der Waals surface area (Å²) >= 11 is 17.7. The minimum atomic E-state index is -0.410. The monoisotopic (exact) mass is 367 g/mol. The lowest BCUT2D eigenvalue weighted by Gasteiger charge is -2.01. The zero-order chi connectivity index (χ0) is 16.4. The van der Waals surface area contributed by atoms with Crippen LogP contribution in [0.1, 0.15) is 10.4 Å². The maximum Gasteiger partial charge on any atom is 0.322 e. The SMILES string of the molecule is O=C(Nc1nnc(-c2cc(Cl)cc(Cl)c2)o1)c1cccc(Cl)c1. The van der Waals surface area contributed by atoms with E-state index >= 15 is 0 Å². The molecule has 0 radical (unpaired) electrons. The highest BCUT2D eigenvalue weighted by molar-refractivity contribution is 6.35. The number of aromatic nitrogens is 2. The van der Waals surface area contributed by atoms with E-state index in [0.29, 0.717) is 26.2 Å². The smallest absolute Gasteiger partial charge is 0.322 e. The van der Waals surface area contributed by atoms with Gasteiger partial charge in [0.05, 0.1) is 0 Å². The average Bonchev–Trinajstić information content (AvgIpc) is 2.95. The standard InChI is InChI=1S/C15H8Cl3N3O2/c16-10-3-1-2-8(4-10)13(22)19-15-21-20-14(23-15)9-5-11(17)7-12(18)6-9/h1-7H,(H,19,21,22). The molecule has 5 nitrogen and oxygen atoms in total. The van der Waals surface area contributed by atoms with Gasteiger partial charge in [-0.2, -0.15) is 0 Å². The van der Waals surface area contributed by atoms with Crippen molar-refractivity contribution in [2.45, 2.75) is 0 Å². The number of carbonyl (C=O) groups is 1. The van der Waals surface area contributed by atoms with E-state index in [9.17, 15) is 4.79 Å². The molecule has 0 aliphatic rings. The third kappa shape index (κ3) is 3.82. The minimum Gasteiger partial charge on any atom is -0.403 e. The lowest BCUT2D eigenvalue weighted by Crippen LogP contribution is -2.11. The van der Waals surface area contributed by atoms with Gasteiger partial charge >= 0.3 is 6.01 Å². The molecule has 0 aliphatic carbocycles. The zero-order valence-corrected chi connectivity index (χ0v) is 13.7. The molecule has 23 heavy (non-hydrogen) atoms. The normalized spacial score (nSPS) is 10.6. The van der Waals surface area contributed by atoms with Crippen LogP contribution in [0.4, 0.5) is 6.01 Å². The number of nitrogens with one attached hydrogen (secondary N) is 1. The first-order valence-electron chi connectivity index (χ1n) is 6.38. The fourth-order valence-corrected chi connectivity index (χ4v) is 2.58.